The Labute approximate surface area is 226 Å². The molecule has 202 valence electrons. The number of carbonyl (C=O) groups excluding carboxylic acids is 2. The molecule has 39 heavy (non-hydrogen) atoms. The highest BCUT2D eigenvalue weighted by Gasteiger charge is 2.36. The van der Waals surface area contributed by atoms with Gasteiger partial charge in [-0.2, -0.15) is 0 Å². The number of nitrogens with zero attached hydrogens (tertiary/aromatic N) is 4. The quantitative estimate of drug-likeness (QED) is 0.345. The number of benzene rings is 3. The van der Waals surface area contributed by atoms with Crippen LogP contribution in [-0.2, 0) is 16.1 Å². The van der Waals surface area contributed by atoms with Crippen molar-refractivity contribution in [2.45, 2.75) is 45.3 Å². The van der Waals surface area contributed by atoms with Gasteiger partial charge in [-0.1, -0.05) is 36.4 Å². The van der Waals surface area contributed by atoms with Gasteiger partial charge in [0.05, 0.1) is 12.6 Å². The predicted molar refractivity (Wildman–Crippen MR) is 146 cm³/mol. The fourth-order valence-electron chi connectivity index (χ4n) is 4.40. The molecular formula is C29H31N5O5. The number of methoxy groups -OCH3 is 1. The van der Waals surface area contributed by atoms with Crippen molar-refractivity contribution in [3.8, 4) is 17.2 Å². The van der Waals surface area contributed by atoms with E-state index in [9.17, 15) is 9.59 Å². The average molecular weight is 530 g/mol. The van der Waals surface area contributed by atoms with Gasteiger partial charge in [-0.05, 0) is 62.2 Å². The van der Waals surface area contributed by atoms with Gasteiger partial charge < -0.3 is 19.5 Å². The molecular weight excluding hydrogens is 498 g/mol. The molecule has 2 amide bonds. The van der Waals surface area contributed by atoms with Crippen molar-refractivity contribution in [1.82, 2.24) is 20.3 Å². The van der Waals surface area contributed by atoms with Crippen LogP contribution in [0.4, 0.5) is 5.69 Å². The summed E-state index contributed by atoms with van der Waals surface area (Å²) in [4.78, 5) is 29.7. The van der Waals surface area contributed by atoms with E-state index in [1.807, 2.05) is 45.0 Å². The standard InChI is InChI=1S/C29H31N5O5/c1-5-29(2,3)30-28(36)27(19-10-13-21(37-4)14-11-19)34(20-12-15-24-25(16-20)39-18-38-24)26(35)17-33-23-9-7-6-8-22(23)31-32-33/h6-16,27H,5,17-18H2,1-4H3,(H,30,36). The summed E-state index contributed by atoms with van der Waals surface area (Å²) in [6, 6.07) is 18.7. The number of para-hydroxylation sites is 1. The van der Waals surface area contributed by atoms with Gasteiger partial charge in [-0.25, -0.2) is 4.68 Å². The number of anilines is 1. The Hall–Kier alpha value is -4.60. The molecule has 1 N–H and O–H groups in total. The monoisotopic (exact) mass is 529 g/mol. The SMILES string of the molecule is CCC(C)(C)NC(=O)C(c1ccc(OC)cc1)N(C(=O)Cn1nnc2ccccc21)c1ccc2c(c1)OCO2. The summed E-state index contributed by atoms with van der Waals surface area (Å²) < 4.78 is 18.0. The Morgan fingerprint density at radius 3 is 2.56 bits per heavy atom. The van der Waals surface area contributed by atoms with Gasteiger partial charge in [-0.3, -0.25) is 14.5 Å². The van der Waals surface area contributed by atoms with Crippen LogP contribution in [0, 0.1) is 0 Å². The number of amides is 2. The van der Waals surface area contributed by atoms with Crippen LogP contribution in [0.2, 0.25) is 0 Å². The molecule has 1 unspecified atom stereocenters. The highest BCUT2D eigenvalue weighted by atomic mass is 16.7. The van der Waals surface area contributed by atoms with Crippen LogP contribution in [0.5, 0.6) is 17.2 Å². The number of hydrogen-bond donors (Lipinski definition) is 1. The minimum Gasteiger partial charge on any atom is -0.497 e. The lowest BCUT2D eigenvalue weighted by Crippen LogP contribution is -2.51. The zero-order valence-electron chi connectivity index (χ0n) is 22.4. The zero-order chi connectivity index (χ0) is 27.6. The molecule has 0 fully saturated rings. The molecule has 5 rings (SSSR count). The molecule has 2 heterocycles. The van der Waals surface area contributed by atoms with E-state index in [1.54, 1.807) is 49.6 Å². The van der Waals surface area contributed by atoms with Crippen LogP contribution < -0.4 is 24.4 Å². The third-order valence-corrected chi connectivity index (χ3v) is 6.89. The highest BCUT2D eigenvalue weighted by Crippen LogP contribution is 2.38. The van der Waals surface area contributed by atoms with Crippen molar-refractivity contribution < 1.29 is 23.8 Å². The summed E-state index contributed by atoms with van der Waals surface area (Å²) in [5.74, 6) is 1.04. The molecule has 3 aromatic carbocycles. The average Bonchev–Trinajstić information content (AvgIpc) is 3.58. The van der Waals surface area contributed by atoms with E-state index in [4.69, 9.17) is 14.2 Å². The van der Waals surface area contributed by atoms with Crippen molar-refractivity contribution in [3.05, 3.63) is 72.3 Å². The van der Waals surface area contributed by atoms with Crippen molar-refractivity contribution in [2.24, 2.45) is 0 Å². The van der Waals surface area contributed by atoms with Crippen molar-refractivity contribution in [1.29, 1.82) is 0 Å². The van der Waals surface area contributed by atoms with E-state index >= 15 is 0 Å². The van der Waals surface area contributed by atoms with Crippen LogP contribution in [-0.4, -0.2) is 46.2 Å². The Bertz CT molecular complexity index is 1500. The summed E-state index contributed by atoms with van der Waals surface area (Å²) in [5.41, 5.74) is 2.00. The number of aromatic nitrogens is 3. The van der Waals surface area contributed by atoms with Crippen molar-refractivity contribution >= 4 is 28.5 Å². The number of hydrogen-bond acceptors (Lipinski definition) is 7. The summed E-state index contributed by atoms with van der Waals surface area (Å²) in [6.45, 7) is 5.85. The topological polar surface area (TPSA) is 108 Å². The summed E-state index contributed by atoms with van der Waals surface area (Å²) >= 11 is 0. The third-order valence-electron chi connectivity index (χ3n) is 6.89. The molecule has 0 saturated heterocycles. The second-order valence-electron chi connectivity index (χ2n) is 9.94. The minimum atomic E-state index is -0.996. The third kappa shape index (κ3) is 5.36. The number of ether oxygens (including phenoxy) is 3. The Morgan fingerprint density at radius 2 is 1.82 bits per heavy atom. The second kappa shape index (κ2) is 10.6. The number of carbonyl (C=O) groups is 2. The maximum atomic E-state index is 14.2. The van der Waals surface area contributed by atoms with Gasteiger partial charge in [0.15, 0.2) is 11.5 Å². The molecule has 10 nitrogen and oxygen atoms in total. The largest absolute Gasteiger partial charge is 0.497 e. The number of nitrogens with one attached hydrogen (secondary N) is 1. The van der Waals surface area contributed by atoms with E-state index in [1.165, 1.54) is 9.58 Å². The molecule has 0 aliphatic carbocycles. The van der Waals surface area contributed by atoms with Crippen molar-refractivity contribution in [3.63, 3.8) is 0 Å². The second-order valence-corrected chi connectivity index (χ2v) is 9.94. The Balaban J connectivity index is 1.62. The molecule has 1 aromatic heterocycles. The zero-order valence-corrected chi connectivity index (χ0v) is 22.4. The molecule has 0 spiro atoms. The van der Waals surface area contributed by atoms with Crippen LogP contribution in [0.15, 0.2) is 66.7 Å². The molecule has 4 aromatic rings. The highest BCUT2D eigenvalue weighted by molar-refractivity contribution is 6.02. The van der Waals surface area contributed by atoms with E-state index in [0.717, 1.165) is 0 Å². The van der Waals surface area contributed by atoms with E-state index in [0.29, 0.717) is 46.0 Å². The van der Waals surface area contributed by atoms with Crippen LogP contribution in [0.1, 0.15) is 38.8 Å². The molecule has 0 bridgehead atoms. The predicted octanol–water partition coefficient (Wildman–Crippen LogP) is 4.25. The molecule has 1 aliphatic rings. The van der Waals surface area contributed by atoms with Gasteiger partial charge in [0.1, 0.15) is 23.9 Å². The lowest BCUT2D eigenvalue weighted by atomic mass is 9.98. The van der Waals surface area contributed by atoms with Gasteiger partial charge in [0, 0.05) is 17.3 Å². The fourth-order valence-corrected chi connectivity index (χ4v) is 4.40. The fraction of sp³-hybridized carbons (Fsp3) is 0.310. The lowest BCUT2D eigenvalue weighted by Gasteiger charge is -2.34. The van der Waals surface area contributed by atoms with Crippen LogP contribution in [0.25, 0.3) is 11.0 Å². The van der Waals surface area contributed by atoms with Crippen LogP contribution in [0.3, 0.4) is 0 Å². The Morgan fingerprint density at radius 1 is 1.08 bits per heavy atom. The van der Waals surface area contributed by atoms with Gasteiger partial charge in [0.25, 0.3) is 0 Å². The number of fused-ring (bicyclic) bond motifs is 2. The smallest absolute Gasteiger partial charge is 0.249 e. The van der Waals surface area contributed by atoms with Crippen molar-refractivity contribution in [2.75, 3.05) is 18.8 Å². The van der Waals surface area contributed by atoms with E-state index in [2.05, 4.69) is 15.6 Å². The van der Waals surface area contributed by atoms with E-state index in [-0.39, 0.29) is 25.2 Å². The summed E-state index contributed by atoms with van der Waals surface area (Å²) in [5, 5.41) is 11.5. The summed E-state index contributed by atoms with van der Waals surface area (Å²) in [7, 11) is 1.58. The van der Waals surface area contributed by atoms with Gasteiger partial charge in [-0.15, -0.1) is 5.10 Å². The molecule has 10 heteroatoms. The summed E-state index contributed by atoms with van der Waals surface area (Å²) in [6.07, 6.45) is 0.705. The maximum Gasteiger partial charge on any atom is 0.249 e. The first kappa shape index (κ1) is 26.0. The lowest BCUT2D eigenvalue weighted by molar-refractivity contribution is -0.128. The van der Waals surface area contributed by atoms with Gasteiger partial charge in [0.2, 0.25) is 18.6 Å². The molecule has 1 aliphatic heterocycles. The molecule has 1 atom stereocenters. The molecule has 0 radical (unpaired) electrons. The van der Waals surface area contributed by atoms with Crippen LogP contribution >= 0.6 is 0 Å². The molecule has 0 saturated carbocycles. The van der Waals surface area contributed by atoms with Gasteiger partial charge >= 0.3 is 0 Å². The normalized spacial score (nSPS) is 13.2. The minimum absolute atomic E-state index is 0.0881. The Kier molecular flexibility index (Phi) is 7.10. The van der Waals surface area contributed by atoms with E-state index < -0.39 is 11.6 Å². The maximum absolute atomic E-state index is 14.2. The first-order chi connectivity index (χ1) is 18.8. The first-order valence-corrected chi connectivity index (χ1v) is 12.8. The first-order valence-electron chi connectivity index (χ1n) is 12.8. The number of rotatable bonds is 9.